The molecule has 0 unspecified atom stereocenters. The molecule has 0 bridgehead atoms. The molecule has 4 aliphatic rings. The minimum absolute atomic E-state index is 0.00357. The van der Waals surface area contributed by atoms with E-state index in [0.29, 0.717) is 116 Å². The molecule has 22 rings (SSSR count). The second-order valence-corrected chi connectivity index (χ2v) is 42.6. The molecule has 0 amide bonds. The number of aromatic nitrogens is 24. The second-order valence-electron chi connectivity index (χ2n) is 38.3. The minimum Gasteiger partial charge on any atom is -0.497 e. The fraction of sp³-hybridized carbons (Fsp3) is 0.412. The van der Waals surface area contributed by atoms with Crippen LogP contribution in [-0.4, -0.2) is 242 Å². The van der Waals surface area contributed by atoms with Gasteiger partial charge in [0, 0.05) is 173 Å². The van der Waals surface area contributed by atoms with E-state index in [9.17, 15) is 34.4 Å². The number of anilines is 8. The number of fused-ring (bicyclic) bond motifs is 12. The number of sulfone groups is 2. The molecule has 0 saturated carbocycles. The molecule has 42 nitrogen and oxygen atoms in total. The van der Waals surface area contributed by atoms with E-state index < -0.39 is 42.9 Å². The Morgan fingerprint density at radius 1 is 0.380 bits per heavy atom. The van der Waals surface area contributed by atoms with E-state index in [1.54, 1.807) is 47.8 Å². The van der Waals surface area contributed by atoms with Crippen LogP contribution in [0.1, 0.15) is 157 Å². The molecule has 12 aromatic heterocycles. The smallest absolute Gasteiger partial charge is 0.226 e. The van der Waals surface area contributed by atoms with Gasteiger partial charge in [0.1, 0.15) is 23.3 Å². The third-order valence-electron chi connectivity index (χ3n) is 28.1. The van der Waals surface area contributed by atoms with Gasteiger partial charge < -0.3 is 70.1 Å². The number of hydrogen-bond donors (Lipinski definition) is 4. The topological polar surface area (TPSA) is 456 Å². The van der Waals surface area contributed by atoms with Gasteiger partial charge in [-0.25, -0.2) is 74.3 Å². The van der Waals surface area contributed by atoms with Gasteiger partial charge in [-0.3, -0.25) is 18.7 Å². The lowest BCUT2D eigenvalue weighted by Crippen LogP contribution is -2.35. The van der Waals surface area contributed by atoms with Gasteiger partial charge in [-0.05, 0) is 178 Å². The van der Waals surface area contributed by atoms with Crippen LogP contribution < -0.4 is 70.1 Å². The summed E-state index contributed by atoms with van der Waals surface area (Å²) >= 11 is 0. The predicted molar refractivity (Wildman–Crippen MR) is 564 cm³/mol. The summed E-state index contributed by atoms with van der Waals surface area (Å²) in [5.74, 6) is 4.03. The molecule has 4 fully saturated rings. The number of rotatable bonds is 26. The van der Waals surface area contributed by atoms with Crippen LogP contribution in [0.25, 0.3) is 66.2 Å². The fourth-order valence-electron chi connectivity index (χ4n) is 20.3. The van der Waals surface area contributed by atoms with E-state index in [1.807, 2.05) is 79.7 Å². The largest absolute Gasteiger partial charge is 0.497 e. The Morgan fingerprint density at radius 2 is 0.707 bits per heavy atom. The average Bonchev–Trinajstić information content (AvgIpc) is 1.58. The Bertz CT molecular complexity index is 8050. The summed E-state index contributed by atoms with van der Waals surface area (Å²) in [6, 6.07) is 23.7. The number of hydrogen-bond acceptors (Lipinski definition) is 34. The quantitative estimate of drug-likeness (QED) is 0.0366. The van der Waals surface area contributed by atoms with E-state index in [4.69, 9.17) is 80.0 Å². The number of aryl methyl sites for hydroxylation is 6. The molecule has 6 N–H and O–H groups in total. The molecule has 150 heavy (non-hydrogen) atoms. The van der Waals surface area contributed by atoms with Gasteiger partial charge in [-0.2, -0.15) is 38.5 Å². The van der Waals surface area contributed by atoms with Crippen molar-refractivity contribution >= 4 is 132 Å². The number of halogens is 4. The first-order chi connectivity index (χ1) is 72.0. The maximum absolute atomic E-state index is 14.8. The monoisotopic (exact) mass is 2090 g/mol. The Hall–Kier alpha value is -15.8. The lowest BCUT2D eigenvalue weighted by molar-refractivity contribution is 0.387. The van der Waals surface area contributed by atoms with Crippen molar-refractivity contribution in [1.82, 2.24) is 117 Å². The summed E-state index contributed by atoms with van der Waals surface area (Å²) in [6.07, 6.45) is 17.4. The third kappa shape index (κ3) is 21.1. The molecule has 4 saturated heterocycles. The number of nitrogens with one attached hydrogen (secondary N) is 2. The molecule has 0 spiro atoms. The summed E-state index contributed by atoms with van der Waals surface area (Å²) in [5, 5.41) is 46.0. The van der Waals surface area contributed by atoms with Gasteiger partial charge in [0.15, 0.2) is 112 Å². The Balaban J connectivity index is 0.000000126. The number of nitrogen functional groups attached to an aromatic ring is 2. The second kappa shape index (κ2) is 42.5. The van der Waals surface area contributed by atoms with E-state index >= 15 is 0 Å². The number of nitrogens with two attached hydrogens (primary N) is 2. The van der Waals surface area contributed by atoms with Gasteiger partial charge in [0.25, 0.3) is 0 Å². The standard InChI is InChI=1S/2C30H35FN8O2.2C21H25FN8O3S/c1-6-38-19(3)26(16-33-38)37-11-7-8-21(17-37)28-35-29-23-13-24(31)27(41-5)14-25(23)34-30(39(29)36-28)32-15-20-9-10-22(40-4)12-18(20)2;1-6-38-17-26(19(3)35-38)37-11-7-8-21(16-37)28-34-29-23-13-24(31)27(41-5)14-25(23)33-30(39(29)36-28)32-15-20-9-10-22(40-4)12-18(20)2;1-12-17(9-24-29(12)11-34(3,31)32)28-6-4-5-13(10-28)19-26-20-14-7-15(22)18(33-2)8-16(14)25-21(23)30(20)27-19;1-12-17(10-29(26-12)11-34(3,31)32)28-6-4-5-13(9-28)19-25-20-14-7-15(22)18(33-2)8-16(14)24-21(23)30(20)27-19/h9-10,12-14,16,21H,6-8,11,15,17H2,1-5H3,(H,32,34);9-10,12-14,17,21H,6-8,11,15-16H2,1-5H3,(H,32,33);7-9,13H,4-6,10-11H2,1-3H3,(H2,23,25);7-8,10,13H,4-6,9,11H2,1-3H3,(H2,23,24)/t2*21-;2*13-/m1111/s1. The van der Waals surface area contributed by atoms with Crippen molar-refractivity contribution < 1.29 is 62.8 Å². The van der Waals surface area contributed by atoms with E-state index in [1.165, 1.54) is 95.7 Å². The minimum atomic E-state index is -3.21. The molecule has 18 aromatic rings. The number of benzene rings is 6. The summed E-state index contributed by atoms with van der Waals surface area (Å²) in [7, 11) is 2.59. The van der Waals surface area contributed by atoms with Crippen molar-refractivity contribution in [3.8, 4) is 34.5 Å². The van der Waals surface area contributed by atoms with E-state index in [-0.39, 0.29) is 70.3 Å². The SMILES string of the molecule is CCn1cc(N2CCC[C@@H](c3nc4c5cc(F)c(OC)cc5nc(NCc5ccc(OC)cc5C)n4n3)C2)c(C)n1.CCn1ncc(N2CCC[C@@H](c3nc4c5cc(F)c(OC)cc5nc(NCc5ccc(OC)cc5C)n4n3)C2)c1C.COc1cc2nc(N)n3nc([C@@H]4CCCN(c5cn(CS(C)(=O)=O)nc5C)C4)nc3c2cc1F.COc1cc2nc(N)n3nc([C@@H]4CCCN(c5cnn(CS(C)(=O)=O)c5C)C4)nc3c2cc1F. The number of ether oxygens (including phenoxy) is 6. The van der Waals surface area contributed by atoms with Crippen molar-refractivity contribution in [2.45, 2.75) is 168 Å². The first kappa shape index (κ1) is 103. The molecule has 6 aromatic carbocycles. The maximum atomic E-state index is 14.8. The molecule has 48 heteroatoms. The van der Waals surface area contributed by atoms with E-state index in [2.05, 4.69) is 105 Å². The highest BCUT2D eigenvalue weighted by Gasteiger charge is 2.35. The molecular formula is C102H120F4N32O10S2. The average molecular weight is 2090 g/mol. The van der Waals surface area contributed by atoms with Crippen LogP contribution in [0.15, 0.2) is 110 Å². The highest BCUT2D eigenvalue weighted by atomic mass is 32.2. The molecule has 0 aliphatic carbocycles. The van der Waals surface area contributed by atoms with Crippen LogP contribution >= 0.6 is 0 Å². The van der Waals surface area contributed by atoms with Crippen molar-refractivity contribution in [2.75, 3.05) is 149 Å². The van der Waals surface area contributed by atoms with Gasteiger partial charge in [0.2, 0.25) is 23.8 Å². The molecule has 0 radical (unpaired) electrons. The highest BCUT2D eigenvalue weighted by molar-refractivity contribution is 7.89. The number of methoxy groups -OCH3 is 6. The fourth-order valence-corrected chi connectivity index (χ4v) is 21.6. The van der Waals surface area contributed by atoms with Crippen LogP contribution in [-0.2, 0) is 57.6 Å². The van der Waals surface area contributed by atoms with Crippen LogP contribution in [0, 0.1) is 64.8 Å². The highest BCUT2D eigenvalue weighted by Crippen LogP contribution is 2.41. The summed E-state index contributed by atoms with van der Waals surface area (Å²) in [6.45, 7) is 25.3. The zero-order valence-corrected chi connectivity index (χ0v) is 88.0. The zero-order chi connectivity index (χ0) is 106. The molecule has 4 aliphatic heterocycles. The molecule has 16 heterocycles. The van der Waals surface area contributed by atoms with Gasteiger partial charge in [-0.1, -0.05) is 12.1 Å². The van der Waals surface area contributed by atoms with Crippen LogP contribution in [0.3, 0.4) is 0 Å². The van der Waals surface area contributed by atoms with Crippen molar-refractivity contribution in [1.29, 1.82) is 0 Å². The van der Waals surface area contributed by atoms with Gasteiger partial charge in [-0.15, -0.1) is 20.4 Å². The molecule has 788 valence electrons. The Labute approximate surface area is 861 Å². The lowest BCUT2D eigenvalue weighted by Gasteiger charge is -2.32. The molecule has 4 atom stereocenters. The van der Waals surface area contributed by atoms with Gasteiger partial charge >= 0.3 is 0 Å². The predicted octanol–water partition coefficient (Wildman–Crippen LogP) is 14.3. The Morgan fingerprint density at radius 3 is 1.03 bits per heavy atom. The number of piperidine rings is 4. The van der Waals surface area contributed by atoms with Crippen molar-refractivity contribution in [3.05, 3.63) is 201 Å². The Kier molecular flexibility index (Phi) is 29.1. The zero-order valence-electron chi connectivity index (χ0n) is 86.3. The first-order valence-electron chi connectivity index (χ1n) is 49.5. The molecular weight excluding hydrogens is 1970 g/mol. The summed E-state index contributed by atoms with van der Waals surface area (Å²) < 4.78 is 150. The summed E-state index contributed by atoms with van der Waals surface area (Å²) in [4.78, 5) is 46.9. The summed E-state index contributed by atoms with van der Waals surface area (Å²) in [5.41, 5.74) is 28.6. The lowest BCUT2D eigenvalue weighted by atomic mass is 9.97. The van der Waals surface area contributed by atoms with Crippen molar-refractivity contribution in [2.24, 2.45) is 0 Å². The normalized spacial score (nSPS) is 16.2. The maximum Gasteiger partial charge on any atom is 0.226 e. The van der Waals surface area contributed by atoms with Crippen molar-refractivity contribution in [3.63, 3.8) is 0 Å². The van der Waals surface area contributed by atoms with Crippen LogP contribution in [0.5, 0.6) is 34.5 Å². The number of nitrogens with zero attached hydrogens (tertiary/aromatic N) is 28. The van der Waals surface area contributed by atoms with Gasteiger partial charge in [0.05, 0.1) is 123 Å². The third-order valence-corrected chi connectivity index (χ3v) is 29.6. The van der Waals surface area contributed by atoms with E-state index in [0.717, 1.165) is 195 Å². The van der Waals surface area contributed by atoms with Crippen LogP contribution in [0.2, 0.25) is 0 Å². The first-order valence-corrected chi connectivity index (χ1v) is 53.7. The van der Waals surface area contributed by atoms with Crippen LogP contribution in [0.4, 0.5) is 64.1 Å².